The first-order valence-corrected chi connectivity index (χ1v) is 5.32. The maximum absolute atomic E-state index is 5.38. The van der Waals surface area contributed by atoms with E-state index in [0.29, 0.717) is 0 Å². The van der Waals surface area contributed by atoms with Crippen LogP contribution in [0.4, 0.5) is 5.69 Å². The van der Waals surface area contributed by atoms with E-state index >= 15 is 0 Å². The van der Waals surface area contributed by atoms with E-state index in [2.05, 4.69) is 11.0 Å². The minimum atomic E-state index is 0.739. The van der Waals surface area contributed by atoms with Crippen LogP contribution >= 0.6 is 0 Å². The molecule has 1 aliphatic heterocycles. The summed E-state index contributed by atoms with van der Waals surface area (Å²) in [5.74, 6) is 1.48. The van der Waals surface area contributed by atoms with E-state index in [1.165, 1.54) is 0 Å². The summed E-state index contributed by atoms with van der Waals surface area (Å²) in [6, 6.07) is 6.90. The molecule has 0 N–H and O–H groups in total. The molecule has 87 valence electrons. The van der Waals surface area contributed by atoms with Crippen LogP contribution in [0.1, 0.15) is 0 Å². The first-order valence-electron chi connectivity index (χ1n) is 5.32. The Hall–Kier alpha value is -1.42. The first-order chi connectivity index (χ1) is 7.86. The Morgan fingerprint density at radius 1 is 1.25 bits per heavy atom. The van der Waals surface area contributed by atoms with Gasteiger partial charge in [-0.25, -0.2) is 0 Å². The Balaban J connectivity index is 2.30. The maximum atomic E-state index is 5.38. The smallest absolute Gasteiger partial charge is 0.184 e. The van der Waals surface area contributed by atoms with Crippen LogP contribution in [0.15, 0.2) is 12.1 Å². The quantitative estimate of drug-likeness (QED) is 0.772. The molecule has 1 fully saturated rings. The van der Waals surface area contributed by atoms with Crippen LogP contribution in [-0.2, 0) is 4.74 Å². The predicted molar refractivity (Wildman–Crippen MR) is 61.4 cm³/mol. The largest absolute Gasteiger partial charge is 0.493 e. The molecule has 1 aromatic rings. The normalized spacial score (nSPS) is 16.0. The molecule has 2 rings (SSSR count). The lowest BCUT2D eigenvalue weighted by molar-refractivity contribution is 0.122. The summed E-state index contributed by atoms with van der Waals surface area (Å²) in [5, 5.41) is 0. The van der Waals surface area contributed by atoms with Crippen molar-refractivity contribution in [3.8, 4) is 11.5 Å². The Morgan fingerprint density at radius 2 is 2.00 bits per heavy atom. The topological polar surface area (TPSA) is 30.9 Å². The minimum Gasteiger partial charge on any atom is -0.493 e. The number of hydrogen-bond donors (Lipinski definition) is 0. The number of ether oxygens (including phenoxy) is 3. The van der Waals surface area contributed by atoms with Crippen molar-refractivity contribution in [3.63, 3.8) is 0 Å². The van der Waals surface area contributed by atoms with Gasteiger partial charge in [0.25, 0.3) is 0 Å². The van der Waals surface area contributed by atoms with E-state index < -0.39 is 0 Å². The molecule has 0 aromatic heterocycles. The van der Waals surface area contributed by atoms with E-state index in [4.69, 9.17) is 14.2 Å². The summed E-state index contributed by atoms with van der Waals surface area (Å²) in [4.78, 5) is 2.20. The summed E-state index contributed by atoms with van der Waals surface area (Å²) < 4.78 is 16.0. The lowest BCUT2D eigenvalue weighted by atomic mass is 10.2. The summed E-state index contributed by atoms with van der Waals surface area (Å²) in [5.41, 5.74) is 0.949. The van der Waals surface area contributed by atoms with Crippen molar-refractivity contribution < 1.29 is 14.2 Å². The molecular formula is C12H16NO3. The fraction of sp³-hybridized carbons (Fsp3) is 0.500. The Bertz CT molecular complexity index is 348. The Kier molecular flexibility index (Phi) is 3.51. The van der Waals surface area contributed by atoms with Crippen LogP contribution in [0.5, 0.6) is 11.5 Å². The monoisotopic (exact) mass is 222 g/mol. The highest BCUT2D eigenvalue weighted by atomic mass is 16.5. The molecular weight excluding hydrogens is 206 g/mol. The second-order valence-corrected chi connectivity index (χ2v) is 3.53. The number of methoxy groups -OCH3 is 2. The lowest BCUT2D eigenvalue weighted by Crippen LogP contribution is -2.36. The summed E-state index contributed by atoms with van der Waals surface area (Å²) in [7, 11) is 3.29. The Morgan fingerprint density at radius 3 is 2.62 bits per heavy atom. The van der Waals surface area contributed by atoms with Gasteiger partial charge in [-0.1, -0.05) is 0 Å². The van der Waals surface area contributed by atoms with Crippen molar-refractivity contribution in [1.29, 1.82) is 0 Å². The van der Waals surface area contributed by atoms with Crippen molar-refractivity contribution in [2.24, 2.45) is 0 Å². The molecule has 1 saturated heterocycles. The van der Waals surface area contributed by atoms with Gasteiger partial charge >= 0.3 is 0 Å². The van der Waals surface area contributed by atoms with Crippen molar-refractivity contribution in [2.75, 3.05) is 45.4 Å². The second kappa shape index (κ2) is 5.07. The average Bonchev–Trinajstić information content (AvgIpc) is 2.38. The molecule has 1 heterocycles. The van der Waals surface area contributed by atoms with Gasteiger partial charge in [-0.2, -0.15) is 0 Å². The van der Waals surface area contributed by atoms with Gasteiger partial charge in [-0.15, -0.1) is 0 Å². The van der Waals surface area contributed by atoms with Crippen LogP contribution in [0, 0.1) is 6.07 Å². The van der Waals surface area contributed by atoms with Gasteiger partial charge in [0, 0.05) is 19.2 Å². The summed E-state index contributed by atoms with van der Waals surface area (Å²) >= 11 is 0. The maximum Gasteiger partial charge on any atom is 0.184 e. The van der Waals surface area contributed by atoms with Gasteiger partial charge in [0.15, 0.2) is 11.5 Å². The van der Waals surface area contributed by atoms with E-state index in [9.17, 15) is 0 Å². The van der Waals surface area contributed by atoms with Gasteiger partial charge in [-0.05, 0) is 12.1 Å². The number of nitrogens with zero attached hydrogens (tertiary/aromatic N) is 1. The van der Waals surface area contributed by atoms with E-state index in [1.54, 1.807) is 14.2 Å². The zero-order valence-electron chi connectivity index (χ0n) is 9.66. The van der Waals surface area contributed by atoms with Gasteiger partial charge in [-0.3, -0.25) is 0 Å². The predicted octanol–water partition coefficient (Wildman–Crippen LogP) is 1.34. The van der Waals surface area contributed by atoms with Crippen molar-refractivity contribution in [1.82, 2.24) is 0 Å². The SMILES string of the molecule is COc1cc[c]c(N2CCOCC2)c1OC. The minimum absolute atomic E-state index is 0.739. The average molecular weight is 222 g/mol. The Labute approximate surface area is 95.7 Å². The first kappa shape index (κ1) is 11.1. The van der Waals surface area contributed by atoms with Crippen LogP contribution < -0.4 is 14.4 Å². The molecule has 0 aliphatic carbocycles. The van der Waals surface area contributed by atoms with Gasteiger partial charge < -0.3 is 19.1 Å². The standard InChI is InChI=1S/C12H16NO3/c1-14-11-5-3-4-10(12(11)15-2)13-6-8-16-9-7-13/h3,5H,6-9H2,1-2H3. The van der Waals surface area contributed by atoms with Crippen molar-refractivity contribution >= 4 is 5.69 Å². The third kappa shape index (κ3) is 2.07. The summed E-state index contributed by atoms with van der Waals surface area (Å²) in [6.07, 6.45) is 0. The zero-order valence-corrected chi connectivity index (χ0v) is 9.66. The van der Waals surface area contributed by atoms with Crippen LogP contribution in [0.2, 0.25) is 0 Å². The number of rotatable bonds is 3. The zero-order chi connectivity index (χ0) is 11.4. The highest BCUT2D eigenvalue weighted by molar-refractivity contribution is 5.64. The number of benzene rings is 1. The van der Waals surface area contributed by atoms with Crippen molar-refractivity contribution in [3.05, 3.63) is 18.2 Å². The molecule has 16 heavy (non-hydrogen) atoms. The molecule has 1 aliphatic rings. The third-order valence-electron chi connectivity index (χ3n) is 2.64. The summed E-state index contributed by atoms with van der Waals surface area (Å²) in [6.45, 7) is 3.21. The fourth-order valence-corrected chi connectivity index (χ4v) is 1.83. The van der Waals surface area contributed by atoms with Gasteiger partial charge in [0.05, 0.1) is 33.1 Å². The molecule has 1 aromatic carbocycles. The van der Waals surface area contributed by atoms with Crippen LogP contribution in [0.3, 0.4) is 0 Å². The lowest BCUT2D eigenvalue weighted by Gasteiger charge is -2.30. The molecule has 0 spiro atoms. The number of morpholine rings is 1. The molecule has 4 nitrogen and oxygen atoms in total. The number of hydrogen-bond acceptors (Lipinski definition) is 4. The highest BCUT2D eigenvalue weighted by Crippen LogP contribution is 2.36. The van der Waals surface area contributed by atoms with E-state index in [1.807, 2.05) is 12.1 Å². The molecule has 4 heteroatoms. The molecule has 0 bridgehead atoms. The molecule has 0 unspecified atom stereocenters. The highest BCUT2D eigenvalue weighted by Gasteiger charge is 2.18. The molecule has 0 amide bonds. The van der Waals surface area contributed by atoms with E-state index in [0.717, 1.165) is 43.5 Å². The third-order valence-corrected chi connectivity index (χ3v) is 2.64. The van der Waals surface area contributed by atoms with Crippen molar-refractivity contribution in [2.45, 2.75) is 0 Å². The molecule has 1 radical (unpaired) electrons. The second-order valence-electron chi connectivity index (χ2n) is 3.53. The number of anilines is 1. The molecule has 0 atom stereocenters. The molecule has 0 saturated carbocycles. The van der Waals surface area contributed by atoms with Gasteiger partial charge in [0.2, 0.25) is 0 Å². The van der Waals surface area contributed by atoms with Gasteiger partial charge in [0.1, 0.15) is 0 Å². The fourth-order valence-electron chi connectivity index (χ4n) is 1.83. The van der Waals surface area contributed by atoms with Crippen LogP contribution in [-0.4, -0.2) is 40.5 Å². The van der Waals surface area contributed by atoms with Crippen LogP contribution in [0.25, 0.3) is 0 Å². The van der Waals surface area contributed by atoms with E-state index in [-0.39, 0.29) is 0 Å².